The number of rotatable bonds is 6. The third kappa shape index (κ3) is 3.91. The zero-order valence-electron chi connectivity index (χ0n) is 14.3. The van der Waals surface area contributed by atoms with Gasteiger partial charge in [-0.1, -0.05) is 40.2 Å². The molecule has 0 heterocycles. The topological polar surface area (TPSA) is 92.7 Å². The monoisotopic (exact) mass is 449 g/mol. The number of fused-ring (bicyclic) bond motifs is 1. The van der Waals surface area contributed by atoms with E-state index >= 15 is 0 Å². The zero-order valence-corrected chi connectivity index (χ0v) is 16.7. The van der Waals surface area contributed by atoms with Gasteiger partial charge in [-0.15, -0.1) is 0 Å². The van der Waals surface area contributed by atoms with E-state index in [1.165, 1.54) is 18.2 Å². The summed E-state index contributed by atoms with van der Waals surface area (Å²) in [6.45, 7) is 2.07. The Bertz CT molecular complexity index is 1120. The Morgan fingerprint density at radius 3 is 2.52 bits per heavy atom. The fourth-order valence-electron chi connectivity index (χ4n) is 2.77. The predicted molar refractivity (Wildman–Crippen MR) is 107 cm³/mol. The van der Waals surface area contributed by atoms with E-state index in [-0.39, 0.29) is 21.9 Å². The van der Waals surface area contributed by atoms with Crippen molar-refractivity contribution in [3.63, 3.8) is 0 Å². The molecule has 27 heavy (non-hydrogen) atoms. The first-order valence-corrected chi connectivity index (χ1v) is 10.3. The summed E-state index contributed by atoms with van der Waals surface area (Å²) in [6, 6.07) is 14.4. The van der Waals surface area contributed by atoms with Crippen LogP contribution in [0.15, 0.2) is 64.0 Å². The lowest BCUT2D eigenvalue weighted by molar-refractivity contribution is 0.0699. The molecule has 0 aliphatic rings. The summed E-state index contributed by atoms with van der Waals surface area (Å²) in [4.78, 5) is 11.5. The Morgan fingerprint density at radius 2 is 1.85 bits per heavy atom. The van der Waals surface area contributed by atoms with Crippen molar-refractivity contribution < 1.29 is 23.1 Å². The van der Waals surface area contributed by atoms with Gasteiger partial charge in [0.05, 0.1) is 17.9 Å². The van der Waals surface area contributed by atoms with E-state index in [1.807, 2.05) is 0 Å². The maximum atomic E-state index is 13.0. The number of halogens is 1. The average Bonchev–Trinajstić information content (AvgIpc) is 2.62. The van der Waals surface area contributed by atoms with Crippen LogP contribution in [0.4, 0.5) is 5.69 Å². The number of ether oxygens (including phenoxy) is 1. The van der Waals surface area contributed by atoms with Gasteiger partial charge in [0.2, 0.25) is 0 Å². The van der Waals surface area contributed by atoms with Crippen molar-refractivity contribution in [1.29, 1.82) is 0 Å². The van der Waals surface area contributed by atoms with Crippen LogP contribution >= 0.6 is 15.9 Å². The first kappa shape index (κ1) is 19.2. The largest absolute Gasteiger partial charge is 0.492 e. The molecule has 0 unspecified atom stereocenters. The second kappa shape index (κ2) is 7.58. The van der Waals surface area contributed by atoms with Gasteiger partial charge in [0.15, 0.2) is 0 Å². The molecule has 3 aromatic rings. The van der Waals surface area contributed by atoms with Gasteiger partial charge in [-0.25, -0.2) is 13.2 Å². The molecule has 0 spiro atoms. The lowest BCUT2D eigenvalue weighted by atomic mass is 10.0. The van der Waals surface area contributed by atoms with Gasteiger partial charge in [-0.3, -0.25) is 4.72 Å². The van der Waals surface area contributed by atoms with E-state index in [4.69, 9.17) is 4.74 Å². The molecule has 6 nitrogen and oxygen atoms in total. The van der Waals surface area contributed by atoms with E-state index in [0.29, 0.717) is 21.9 Å². The fourth-order valence-corrected chi connectivity index (χ4v) is 4.53. The molecular weight excluding hydrogens is 434 g/mol. The molecule has 0 aliphatic heterocycles. The molecule has 0 aromatic heterocycles. The molecule has 0 aliphatic carbocycles. The number of hydrogen-bond acceptors (Lipinski definition) is 4. The highest BCUT2D eigenvalue weighted by Crippen LogP contribution is 2.32. The van der Waals surface area contributed by atoms with E-state index < -0.39 is 16.0 Å². The molecule has 140 valence electrons. The third-order valence-electron chi connectivity index (χ3n) is 3.87. The zero-order chi connectivity index (χ0) is 19.6. The van der Waals surface area contributed by atoms with Crippen LogP contribution in [0.1, 0.15) is 17.3 Å². The predicted octanol–water partition coefficient (Wildman–Crippen LogP) is 4.50. The molecule has 0 bridgehead atoms. The van der Waals surface area contributed by atoms with E-state index in [2.05, 4.69) is 20.7 Å². The van der Waals surface area contributed by atoms with Crippen LogP contribution in [-0.2, 0) is 10.0 Å². The Morgan fingerprint density at radius 1 is 1.15 bits per heavy atom. The van der Waals surface area contributed by atoms with Crippen molar-refractivity contribution in [3.05, 3.63) is 64.6 Å². The molecule has 0 saturated heterocycles. The second-order valence-electron chi connectivity index (χ2n) is 5.64. The van der Waals surface area contributed by atoms with Gasteiger partial charge in [0.25, 0.3) is 10.0 Å². The third-order valence-corrected chi connectivity index (χ3v) is 5.75. The summed E-state index contributed by atoms with van der Waals surface area (Å²) in [5.74, 6) is -0.920. The Labute approximate surface area is 165 Å². The summed E-state index contributed by atoms with van der Waals surface area (Å²) in [7, 11) is -4.02. The Hall–Kier alpha value is -2.58. The van der Waals surface area contributed by atoms with Gasteiger partial charge in [0.1, 0.15) is 10.6 Å². The smallest absolute Gasteiger partial charge is 0.336 e. The number of benzene rings is 3. The van der Waals surface area contributed by atoms with Crippen LogP contribution in [0.2, 0.25) is 0 Å². The highest BCUT2D eigenvalue weighted by molar-refractivity contribution is 9.10. The van der Waals surface area contributed by atoms with Crippen molar-refractivity contribution in [3.8, 4) is 5.75 Å². The van der Waals surface area contributed by atoms with Crippen LogP contribution in [0.5, 0.6) is 5.75 Å². The normalized spacial score (nSPS) is 11.3. The molecule has 0 radical (unpaired) electrons. The molecule has 8 heteroatoms. The van der Waals surface area contributed by atoms with Crippen LogP contribution in [-0.4, -0.2) is 26.1 Å². The summed E-state index contributed by atoms with van der Waals surface area (Å²) < 4.78 is 34.5. The van der Waals surface area contributed by atoms with Crippen LogP contribution in [0, 0.1) is 0 Å². The highest BCUT2D eigenvalue weighted by Gasteiger charge is 2.22. The minimum Gasteiger partial charge on any atom is -0.492 e. The number of nitrogens with one attached hydrogen (secondary N) is 1. The Balaban J connectivity index is 2.16. The van der Waals surface area contributed by atoms with E-state index in [9.17, 15) is 18.3 Å². The summed E-state index contributed by atoms with van der Waals surface area (Å²) in [5, 5.41) is 10.4. The second-order valence-corrected chi connectivity index (χ2v) is 8.21. The highest BCUT2D eigenvalue weighted by atomic mass is 79.9. The summed E-state index contributed by atoms with van der Waals surface area (Å²) in [6.07, 6.45) is 0. The number of carboxylic acid groups (broad SMARTS) is 1. The molecule has 0 saturated carbocycles. The summed E-state index contributed by atoms with van der Waals surface area (Å²) >= 11 is 3.27. The van der Waals surface area contributed by atoms with Crippen molar-refractivity contribution in [1.82, 2.24) is 0 Å². The van der Waals surface area contributed by atoms with E-state index in [1.54, 1.807) is 43.3 Å². The molecule has 0 fully saturated rings. The van der Waals surface area contributed by atoms with Crippen molar-refractivity contribution in [2.45, 2.75) is 11.8 Å². The number of carbonyl (C=O) groups is 1. The van der Waals surface area contributed by atoms with Crippen LogP contribution in [0.3, 0.4) is 0 Å². The van der Waals surface area contributed by atoms with Gasteiger partial charge < -0.3 is 9.84 Å². The number of sulfonamides is 1. The minimum absolute atomic E-state index is 0.0186. The number of carboxylic acids is 1. The standard InChI is InChI=1S/C19H16BrNO5S/c1-2-26-16-10-9-13(20)11-17(16)27(24,25)21-15-8-4-6-12-5-3-7-14(18(12)15)19(22)23/h3-11,21H,2H2,1H3,(H,22,23). The molecule has 3 rings (SSSR count). The molecular formula is C19H16BrNO5S. The van der Waals surface area contributed by atoms with Crippen molar-refractivity contribution in [2.75, 3.05) is 11.3 Å². The fraction of sp³-hybridized carbons (Fsp3) is 0.105. The van der Waals surface area contributed by atoms with E-state index in [0.717, 1.165) is 0 Å². The minimum atomic E-state index is -4.02. The van der Waals surface area contributed by atoms with Gasteiger partial charge in [-0.2, -0.15) is 0 Å². The Kier molecular flexibility index (Phi) is 5.38. The van der Waals surface area contributed by atoms with Gasteiger partial charge >= 0.3 is 5.97 Å². The lowest BCUT2D eigenvalue weighted by Gasteiger charge is -2.15. The SMILES string of the molecule is CCOc1ccc(Br)cc1S(=O)(=O)Nc1cccc2cccc(C(=O)O)c12. The molecule has 3 aromatic carbocycles. The lowest BCUT2D eigenvalue weighted by Crippen LogP contribution is -2.15. The molecule has 2 N–H and O–H groups in total. The average molecular weight is 450 g/mol. The van der Waals surface area contributed by atoms with Gasteiger partial charge in [0, 0.05) is 9.86 Å². The molecule has 0 atom stereocenters. The van der Waals surface area contributed by atoms with Gasteiger partial charge in [-0.05, 0) is 42.6 Å². The number of hydrogen-bond donors (Lipinski definition) is 2. The van der Waals surface area contributed by atoms with Crippen LogP contribution < -0.4 is 9.46 Å². The first-order chi connectivity index (χ1) is 12.8. The first-order valence-electron chi connectivity index (χ1n) is 8.03. The summed E-state index contributed by atoms with van der Waals surface area (Å²) in [5.41, 5.74) is 0.206. The molecule has 0 amide bonds. The van der Waals surface area contributed by atoms with Crippen molar-refractivity contribution >= 4 is 48.4 Å². The van der Waals surface area contributed by atoms with Crippen LogP contribution in [0.25, 0.3) is 10.8 Å². The maximum absolute atomic E-state index is 13.0. The number of anilines is 1. The number of aromatic carboxylic acids is 1. The van der Waals surface area contributed by atoms with Crippen molar-refractivity contribution in [2.24, 2.45) is 0 Å². The quantitative estimate of drug-likeness (QED) is 0.577. The maximum Gasteiger partial charge on any atom is 0.336 e.